The zero-order chi connectivity index (χ0) is 39.7. The van der Waals surface area contributed by atoms with Gasteiger partial charge in [-0.2, -0.15) is 0 Å². The molecule has 0 unspecified atom stereocenters. The predicted molar refractivity (Wildman–Crippen MR) is 252 cm³/mol. The van der Waals surface area contributed by atoms with E-state index in [9.17, 15) is 0 Å². The van der Waals surface area contributed by atoms with Crippen LogP contribution in [0.25, 0.3) is 119 Å². The lowest BCUT2D eigenvalue weighted by Gasteiger charge is -2.21. The van der Waals surface area contributed by atoms with Gasteiger partial charge in [-0.1, -0.05) is 129 Å². The Bertz CT molecular complexity index is 3770. The molecule has 0 N–H and O–H groups in total. The van der Waals surface area contributed by atoms with E-state index in [0.717, 1.165) is 49.6 Å². The van der Waals surface area contributed by atoms with Crippen molar-refractivity contribution in [2.24, 2.45) is 0 Å². The van der Waals surface area contributed by atoms with Crippen LogP contribution in [0.15, 0.2) is 168 Å². The second kappa shape index (κ2) is 12.5. The Morgan fingerprint density at radius 3 is 1.85 bits per heavy atom. The quantitative estimate of drug-likeness (QED) is 0.178. The highest BCUT2D eigenvalue weighted by atomic mass is 32.1. The standard InChI is InChI=1S/C54H33N3OS2/c1-54(2)41-16-6-3-11-33(41)39-27-30(22-25-42(39)54)31-23-26-43-40(28-31)49-37(14-9-17-44(49)58-43)52-55-51(32-21-24-35-34-12-4-7-18-45(34)60-48(35)29-32)56-53(57-52)38-15-10-20-47-50(38)36-13-5-8-19-46(36)59-47/h3-29H,1-2H3. The smallest absolute Gasteiger partial charge is 0.164 e. The molecule has 6 heteroatoms. The highest BCUT2D eigenvalue weighted by molar-refractivity contribution is 7.26. The second-order valence-electron chi connectivity index (χ2n) is 16.3. The summed E-state index contributed by atoms with van der Waals surface area (Å²) in [6.45, 7) is 4.65. The molecule has 1 aliphatic rings. The minimum Gasteiger partial charge on any atom is -0.456 e. The summed E-state index contributed by atoms with van der Waals surface area (Å²) in [5, 5.41) is 6.90. The van der Waals surface area contributed by atoms with Gasteiger partial charge in [-0.05, 0) is 81.9 Å². The maximum Gasteiger partial charge on any atom is 0.164 e. The molecule has 8 aromatic carbocycles. The van der Waals surface area contributed by atoms with Crippen molar-refractivity contribution in [3.63, 3.8) is 0 Å². The Labute approximate surface area is 353 Å². The summed E-state index contributed by atoms with van der Waals surface area (Å²) in [6, 6.07) is 58.8. The summed E-state index contributed by atoms with van der Waals surface area (Å²) in [6.07, 6.45) is 0. The van der Waals surface area contributed by atoms with Crippen LogP contribution in [0.5, 0.6) is 0 Å². The topological polar surface area (TPSA) is 51.8 Å². The number of rotatable bonds is 4. The Morgan fingerprint density at radius 2 is 0.983 bits per heavy atom. The molecule has 4 heterocycles. The number of aromatic nitrogens is 3. The highest BCUT2D eigenvalue weighted by Gasteiger charge is 2.35. The van der Waals surface area contributed by atoms with Crippen molar-refractivity contribution in [2.45, 2.75) is 19.3 Å². The van der Waals surface area contributed by atoms with Crippen molar-refractivity contribution in [1.82, 2.24) is 15.0 Å². The van der Waals surface area contributed by atoms with Crippen molar-refractivity contribution in [1.29, 1.82) is 0 Å². The van der Waals surface area contributed by atoms with Crippen LogP contribution in [-0.4, -0.2) is 15.0 Å². The molecule has 0 atom stereocenters. The van der Waals surface area contributed by atoms with Gasteiger partial charge in [0.1, 0.15) is 11.2 Å². The lowest BCUT2D eigenvalue weighted by Crippen LogP contribution is -2.14. The summed E-state index contributed by atoms with van der Waals surface area (Å²) < 4.78 is 11.5. The first-order chi connectivity index (χ1) is 29.5. The van der Waals surface area contributed by atoms with E-state index in [-0.39, 0.29) is 5.41 Å². The van der Waals surface area contributed by atoms with Crippen LogP contribution in [0.2, 0.25) is 0 Å². The number of fused-ring (bicyclic) bond motifs is 12. The first kappa shape index (κ1) is 33.9. The molecule has 13 rings (SSSR count). The van der Waals surface area contributed by atoms with Gasteiger partial charge >= 0.3 is 0 Å². The van der Waals surface area contributed by atoms with Crippen LogP contribution < -0.4 is 0 Å². The fraction of sp³-hybridized carbons (Fsp3) is 0.0556. The second-order valence-corrected chi connectivity index (χ2v) is 18.5. The molecule has 4 aromatic heterocycles. The monoisotopic (exact) mass is 803 g/mol. The fourth-order valence-corrected chi connectivity index (χ4v) is 11.9. The van der Waals surface area contributed by atoms with Crippen LogP contribution >= 0.6 is 22.7 Å². The van der Waals surface area contributed by atoms with Gasteiger partial charge in [0.25, 0.3) is 0 Å². The molecule has 12 aromatic rings. The maximum atomic E-state index is 6.59. The lowest BCUT2D eigenvalue weighted by atomic mass is 9.82. The van der Waals surface area contributed by atoms with E-state index in [1.54, 1.807) is 22.7 Å². The molecule has 282 valence electrons. The Balaban J connectivity index is 1.03. The Kier molecular flexibility index (Phi) is 7.07. The molecular weight excluding hydrogens is 771 g/mol. The van der Waals surface area contributed by atoms with Crippen LogP contribution in [0.3, 0.4) is 0 Å². The fourth-order valence-electron chi connectivity index (χ4n) is 9.66. The predicted octanol–water partition coefficient (Wildman–Crippen LogP) is 15.5. The lowest BCUT2D eigenvalue weighted by molar-refractivity contribution is 0.660. The van der Waals surface area contributed by atoms with Crippen LogP contribution in [0.4, 0.5) is 0 Å². The Hall–Kier alpha value is -6.99. The van der Waals surface area contributed by atoms with Crippen LogP contribution in [-0.2, 0) is 5.41 Å². The third-order valence-electron chi connectivity index (χ3n) is 12.6. The summed E-state index contributed by atoms with van der Waals surface area (Å²) in [4.78, 5) is 16.0. The summed E-state index contributed by atoms with van der Waals surface area (Å²) in [7, 11) is 0. The van der Waals surface area contributed by atoms with Gasteiger partial charge in [0.2, 0.25) is 0 Å². The van der Waals surface area contributed by atoms with E-state index in [4.69, 9.17) is 19.4 Å². The van der Waals surface area contributed by atoms with E-state index in [0.29, 0.717) is 17.5 Å². The molecule has 0 amide bonds. The Morgan fingerprint density at radius 1 is 0.383 bits per heavy atom. The maximum absolute atomic E-state index is 6.59. The summed E-state index contributed by atoms with van der Waals surface area (Å²) in [5.74, 6) is 1.89. The molecule has 0 bridgehead atoms. The number of benzene rings is 8. The number of hydrogen-bond acceptors (Lipinski definition) is 6. The summed E-state index contributed by atoms with van der Waals surface area (Å²) in [5.41, 5.74) is 12.1. The van der Waals surface area contributed by atoms with E-state index in [1.807, 2.05) is 12.1 Å². The van der Waals surface area contributed by atoms with Crippen LogP contribution in [0.1, 0.15) is 25.0 Å². The van der Waals surface area contributed by atoms with Crippen molar-refractivity contribution in [3.05, 3.63) is 175 Å². The van der Waals surface area contributed by atoms with E-state index in [1.165, 1.54) is 62.8 Å². The molecule has 0 fully saturated rings. The molecule has 0 aliphatic heterocycles. The van der Waals surface area contributed by atoms with Gasteiger partial charge in [-0.25, -0.2) is 15.0 Å². The normalized spacial score (nSPS) is 13.3. The third kappa shape index (κ3) is 4.92. The van der Waals surface area contributed by atoms with E-state index < -0.39 is 0 Å². The molecule has 1 aliphatic carbocycles. The van der Waals surface area contributed by atoms with Gasteiger partial charge < -0.3 is 4.42 Å². The number of thiophene rings is 2. The SMILES string of the molecule is CC1(C)c2ccccc2-c2cc(-c3ccc4oc5cccc(-c6nc(-c7ccc8c(c7)sc7ccccc78)nc(-c7cccc8sc9ccccc9c78)n6)c5c4c3)ccc21. The highest BCUT2D eigenvalue weighted by Crippen LogP contribution is 2.50. The first-order valence-electron chi connectivity index (χ1n) is 20.3. The first-order valence-corrected chi connectivity index (χ1v) is 21.9. The average molecular weight is 804 g/mol. The minimum absolute atomic E-state index is 0.0437. The van der Waals surface area contributed by atoms with Gasteiger partial charge in [-0.3, -0.25) is 0 Å². The molecule has 60 heavy (non-hydrogen) atoms. The van der Waals surface area contributed by atoms with Crippen LogP contribution in [0, 0.1) is 0 Å². The molecule has 4 nitrogen and oxygen atoms in total. The number of hydrogen-bond donors (Lipinski definition) is 0. The van der Waals surface area contributed by atoms with Gasteiger partial charge in [0.05, 0.1) is 0 Å². The zero-order valence-corrected chi connectivity index (χ0v) is 34.3. The van der Waals surface area contributed by atoms with Crippen molar-refractivity contribution in [2.75, 3.05) is 0 Å². The minimum atomic E-state index is -0.0437. The van der Waals surface area contributed by atoms with E-state index in [2.05, 4.69) is 166 Å². The van der Waals surface area contributed by atoms with Gasteiger partial charge in [0.15, 0.2) is 17.5 Å². The molecule has 0 radical (unpaired) electrons. The number of nitrogens with zero attached hydrogens (tertiary/aromatic N) is 3. The third-order valence-corrected chi connectivity index (χ3v) is 14.8. The van der Waals surface area contributed by atoms with Crippen molar-refractivity contribution < 1.29 is 4.42 Å². The number of furan rings is 1. The molecule has 0 spiro atoms. The van der Waals surface area contributed by atoms with Gasteiger partial charge in [-0.15, -0.1) is 22.7 Å². The molecule has 0 saturated heterocycles. The zero-order valence-electron chi connectivity index (χ0n) is 32.7. The van der Waals surface area contributed by atoms with Crippen molar-refractivity contribution in [3.8, 4) is 56.4 Å². The molecular formula is C54H33N3OS2. The largest absolute Gasteiger partial charge is 0.456 e. The van der Waals surface area contributed by atoms with E-state index >= 15 is 0 Å². The summed E-state index contributed by atoms with van der Waals surface area (Å²) >= 11 is 3.60. The van der Waals surface area contributed by atoms with Gasteiger partial charge in [0, 0.05) is 73.2 Å². The average Bonchev–Trinajstić information content (AvgIpc) is 4.03. The molecule has 0 saturated carbocycles. The van der Waals surface area contributed by atoms with Crippen molar-refractivity contribution >= 4 is 85.0 Å².